The van der Waals surface area contributed by atoms with Crippen LogP contribution in [0.2, 0.25) is 0 Å². The molecular formula is C32H38N4O2. The lowest BCUT2D eigenvalue weighted by atomic mass is 10.0. The first kappa shape index (κ1) is 27.1. The summed E-state index contributed by atoms with van der Waals surface area (Å²) in [4.78, 5) is 23.0. The normalized spacial score (nSPS) is 12.3. The van der Waals surface area contributed by atoms with Crippen molar-refractivity contribution in [2.75, 3.05) is 37.6 Å². The molecule has 1 aromatic heterocycles. The number of carbonyl (C=O) groups excluding carboxylic acids is 1. The highest BCUT2D eigenvalue weighted by molar-refractivity contribution is 5.96. The van der Waals surface area contributed by atoms with Gasteiger partial charge in [0.25, 0.3) is 0 Å². The number of benzene rings is 3. The molecule has 1 atom stereocenters. The zero-order chi connectivity index (χ0) is 27.2. The van der Waals surface area contributed by atoms with Crippen LogP contribution in [0.4, 0.5) is 11.4 Å². The summed E-state index contributed by atoms with van der Waals surface area (Å²) in [6.07, 6.45) is 4.88. The van der Waals surface area contributed by atoms with E-state index in [1.165, 1.54) is 0 Å². The molecule has 0 N–H and O–H groups in total. The average molecular weight is 511 g/mol. The molecule has 6 heteroatoms. The molecule has 0 radical (unpaired) electrons. The first-order chi connectivity index (χ1) is 18.3. The van der Waals surface area contributed by atoms with E-state index in [9.17, 15) is 4.79 Å². The van der Waals surface area contributed by atoms with Gasteiger partial charge < -0.3 is 19.1 Å². The number of fused-ring (bicyclic) bond motifs is 1. The van der Waals surface area contributed by atoms with Gasteiger partial charge in [-0.05, 0) is 67.3 Å². The minimum Gasteiger partial charge on any atom is -0.383 e. The molecule has 1 heterocycles. The number of anilines is 2. The molecule has 0 spiro atoms. The van der Waals surface area contributed by atoms with Crippen molar-refractivity contribution in [2.45, 2.75) is 39.8 Å². The number of methoxy groups -OCH3 is 1. The standard InChI is InChI=1S/C32H38N4O2/c1-7-26-12-10-11-23(2)32(26)36(24(3)22-38-6)31(37)21-35-29-14-9-8-13-28(29)33-30(35)20-17-25-15-18-27(19-16-25)34(4)5/h8-20,24H,7,21-22H2,1-6H3/b20-17+/t24-/m1/s1. The number of para-hydroxylation sites is 3. The van der Waals surface area contributed by atoms with E-state index in [0.29, 0.717) is 6.61 Å². The highest BCUT2D eigenvalue weighted by Gasteiger charge is 2.26. The van der Waals surface area contributed by atoms with Gasteiger partial charge in [0.15, 0.2) is 0 Å². The van der Waals surface area contributed by atoms with Gasteiger partial charge >= 0.3 is 0 Å². The monoisotopic (exact) mass is 510 g/mol. The van der Waals surface area contributed by atoms with Gasteiger partial charge in [0.2, 0.25) is 5.91 Å². The van der Waals surface area contributed by atoms with Crippen LogP contribution in [0.25, 0.3) is 23.2 Å². The van der Waals surface area contributed by atoms with Crippen LogP contribution in [-0.4, -0.2) is 49.3 Å². The summed E-state index contributed by atoms with van der Waals surface area (Å²) in [5.74, 6) is 0.753. The van der Waals surface area contributed by atoms with Gasteiger partial charge in [-0.15, -0.1) is 0 Å². The lowest BCUT2D eigenvalue weighted by molar-refractivity contribution is -0.119. The van der Waals surface area contributed by atoms with Crippen LogP contribution in [0, 0.1) is 6.92 Å². The number of nitrogens with zero attached hydrogens (tertiary/aromatic N) is 4. The second kappa shape index (κ2) is 12.1. The van der Waals surface area contributed by atoms with E-state index in [1.807, 2.05) is 66.9 Å². The predicted octanol–water partition coefficient (Wildman–Crippen LogP) is 6.21. The Hall–Kier alpha value is -3.90. The molecular weight excluding hydrogens is 472 g/mol. The molecule has 198 valence electrons. The van der Waals surface area contributed by atoms with Gasteiger partial charge in [0, 0.05) is 26.9 Å². The summed E-state index contributed by atoms with van der Waals surface area (Å²) in [6, 6.07) is 22.4. The summed E-state index contributed by atoms with van der Waals surface area (Å²) in [5, 5.41) is 0. The molecule has 0 fully saturated rings. The second-order valence-electron chi connectivity index (χ2n) is 9.87. The lowest BCUT2D eigenvalue weighted by Crippen LogP contribution is -2.44. The van der Waals surface area contributed by atoms with Gasteiger partial charge in [-0.1, -0.05) is 55.5 Å². The van der Waals surface area contributed by atoms with Crippen LogP contribution in [0.1, 0.15) is 36.4 Å². The fraction of sp³-hybridized carbons (Fsp3) is 0.312. The number of rotatable bonds is 10. The Morgan fingerprint density at radius 1 is 1.03 bits per heavy atom. The van der Waals surface area contributed by atoms with E-state index >= 15 is 0 Å². The smallest absolute Gasteiger partial charge is 0.247 e. The summed E-state index contributed by atoms with van der Waals surface area (Å²) >= 11 is 0. The van der Waals surface area contributed by atoms with Gasteiger partial charge in [0.1, 0.15) is 12.4 Å². The van der Waals surface area contributed by atoms with Crippen molar-refractivity contribution >= 4 is 40.5 Å². The van der Waals surface area contributed by atoms with E-state index in [-0.39, 0.29) is 18.5 Å². The maximum Gasteiger partial charge on any atom is 0.247 e. The highest BCUT2D eigenvalue weighted by Crippen LogP contribution is 2.29. The zero-order valence-corrected chi connectivity index (χ0v) is 23.3. The average Bonchev–Trinajstić information content (AvgIpc) is 3.26. The highest BCUT2D eigenvalue weighted by atomic mass is 16.5. The number of hydrogen-bond donors (Lipinski definition) is 0. The molecule has 0 saturated carbocycles. The van der Waals surface area contributed by atoms with Crippen LogP contribution in [0.15, 0.2) is 66.7 Å². The number of imidazole rings is 1. The summed E-state index contributed by atoms with van der Waals surface area (Å²) in [5.41, 5.74) is 7.23. The zero-order valence-electron chi connectivity index (χ0n) is 23.3. The number of carbonyl (C=O) groups is 1. The molecule has 0 saturated heterocycles. The largest absolute Gasteiger partial charge is 0.383 e. The molecule has 4 rings (SSSR count). The SMILES string of the molecule is CCc1cccc(C)c1N(C(=O)Cn1c(/C=C/c2ccc(N(C)C)cc2)nc2ccccc21)[C@H](C)COC. The van der Waals surface area contributed by atoms with Crippen LogP contribution in [0.3, 0.4) is 0 Å². The fourth-order valence-electron chi connectivity index (χ4n) is 4.91. The molecule has 6 nitrogen and oxygen atoms in total. The Labute approximate surface area is 226 Å². The first-order valence-corrected chi connectivity index (χ1v) is 13.1. The van der Waals surface area contributed by atoms with E-state index in [4.69, 9.17) is 9.72 Å². The molecule has 3 aromatic carbocycles. The number of aromatic nitrogens is 2. The molecule has 1 amide bonds. The predicted molar refractivity (Wildman–Crippen MR) is 159 cm³/mol. The lowest BCUT2D eigenvalue weighted by Gasteiger charge is -2.32. The van der Waals surface area contributed by atoms with Gasteiger partial charge in [0.05, 0.1) is 29.4 Å². The van der Waals surface area contributed by atoms with E-state index in [1.54, 1.807) is 7.11 Å². The third-order valence-corrected chi connectivity index (χ3v) is 6.87. The second-order valence-corrected chi connectivity index (χ2v) is 9.87. The van der Waals surface area contributed by atoms with E-state index in [0.717, 1.165) is 51.3 Å². The van der Waals surface area contributed by atoms with Crippen molar-refractivity contribution in [2.24, 2.45) is 0 Å². The Balaban J connectivity index is 1.73. The van der Waals surface area contributed by atoms with Crippen molar-refractivity contribution < 1.29 is 9.53 Å². The third-order valence-electron chi connectivity index (χ3n) is 6.87. The van der Waals surface area contributed by atoms with Crippen LogP contribution >= 0.6 is 0 Å². The van der Waals surface area contributed by atoms with E-state index in [2.05, 4.69) is 61.2 Å². The quantitative estimate of drug-likeness (QED) is 0.254. The molecule has 0 aliphatic rings. The Morgan fingerprint density at radius 3 is 2.45 bits per heavy atom. The van der Waals surface area contributed by atoms with Crippen molar-refractivity contribution in [1.82, 2.24) is 9.55 Å². The number of amides is 1. The van der Waals surface area contributed by atoms with Crippen molar-refractivity contribution in [3.8, 4) is 0 Å². The topological polar surface area (TPSA) is 50.6 Å². The van der Waals surface area contributed by atoms with Crippen LogP contribution in [0.5, 0.6) is 0 Å². The van der Waals surface area contributed by atoms with Gasteiger partial charge in [-0.2, -0.15) is 0 Å². The summed E-state index contributed by atoms with van der Waals surface area (Å²) in [7, 11) is 5.73. The van der Waals surface area contributed by atoms with Crippen LogP contribution < -0.4 is 9.80 Å². The fourth-order valence-corrected chi connectivity index (χ4v) is 4.91. The number of hydrogen-bond acceptors (Lipinski definition) is 4. The summed E-state index contributed by atoms with van der Waals surface area (Å²) in [6.45, 7) is 6.85. The minimum atomic E-state index is -0.122. The maximum absolute atomic E-state index is 14.1. The summed E-state index contributed by atoms with van der Waals surface area (Å²) < 4.78 is 7.49. The van der Waals surface area contributed by atoms with Crippen LogP contribution in [-0.2, 0) is 22.5 Å². The minimum absolute atomic E-state index is 0.00619. The Morgan fingerprint density at radius 2 is 1.76 bits per heavy atom. The van der Waals surface area contributed by atoms with Gasteiger partial charge in [-0.25, -0.2) is 4.98 Å². The van der Waals surface area contributed by atoms with Crippen molar-refractivity contribution in [3.05, 3.63) is 89.2 Å². The molecule has 0 aliphatic carbocycles. The van der Waals surface area contributed by atoms with Crippen molar-refractivity contribution in [1.29, 1.82) is 0 Å². The number of aryl methyl sites for hydroxylation is 2. The molecule has 4 aromatic rings. The van der Waals surface area contributed by atoms with Gasteiger partial charge in [-0.3, -0.25) is 4.79 Å². The Bertz CT molecular complexity index is 1420. The molecule has 0 unspecified atom stereocenters. The third kappa shape index (κ3) is 5.81. The Kier molecular flexibility index (Phi) is 8.64. The van der Waals surface area contributed by atoms with E-state index < -0.39 is 0 Å². The van der Waals surface area contributed by atoms with Crippen molar-refractivity contribution in [3.63, 3.8) is 0 Å². The molecule has 0 aliphatic heterocycles. The first-order valence-electron chi connectivity index (χ1n) is 13.1. The maximum atomic E-state index is 14.1. The molecule has 0 bridgehead atoms. The number of ether oxygens (including phenoxy) is 1. The molecule has 38 heavy (non-hydrogen) atoms.